The summed E-state index contributed by atoms with van der Waals surface area (Å²) in [5.74, 6) is -1.47. The second-order valence-electron chi connectivity index (χ2n) is 4.67. The Bertz CT molecular complexity index is 484. The van der Waals surface area contributed by atoms with Gasteiger partial charge < -0.3 is 5.11 Å². The van der Waals surface area contributed by atoms with Crippen molar-refractivity contribution in [1.29, 1.82) is 0 Å². The first kappa shape index (κ1) is 13.8. The Hall–Kier alpha value is -0.610. The van der Waals surface area contributed by atoms with E-state index in [0.717, 1.165) is 19.3 Å². The molecule has 0 heterocycles. The van der Waals surface area contributed by atoms with Crippen LogP contribution < -0.4 is 0 Å². The van der Waals surface area contributed by atoms with Crippen LogP contribution in [0.15, 0.2) is 16.6 Å². The molecule has 0 amide bonds. The van der Waals surface area contributed by atoms with Crippen LogP contribution in [0.1, 0.15) is 37.7 Å². The quantitative estimate of drug-likeness (QED) is 0.806. The van der Waals surface area contributed by atoms with Crippen LogP contribution in [0.25, 0.3) is 0 Å². The first-order valence-corrected chi connectivity index (χ1v) is 7.03. The lowest BCUT2D eigenvalue weighted by Gasteiger charge is -2.34. The molecule has 0 unspecified atom stereocenters. The molecule has 0 radical (unpaired) electrons. The van der Waals surface area contributed by atoms with Gasteiger partial charge in [0.05, 0.1) is 10.4 Å². The highest BCUT2D eigenvalue weighted by Crippen LogP contribution is 2.45. The minimum absolute atomic E-state index is 0.196. The van der Waals surface area contributed by atoms with E-state index in [-0.39, 0.29) is 5.56 Å². The van der Waals surface area contributed by atoms with Crippen LogP contribution in [-0.4, -0.2) is 11.1 Å². The highest BCUT2D eigenvalue weighted by Gasteiger charge is 2.44. The molecule has 0 aromatic heterocycles. The second kappa shape index (κ2) is 5.17. The number of benzene rings is 1. The zero-order valence-electron chi connectivity index (χ0n) is 9.68. The zero-order valence-corrected chi connectivity index (χ0v) is 12.0. The van der Waals surface area contributed by atoms with Crippen molar-refractivity contribution in [3.8, 4) is 0 Å². The van der Waals surface area contributed by atoms with E-state index in [1.165, 1.54) is 12.1 Å². The lowest BCUT2D eigenvalue weighted by Crippen LogP contribution is -2.39. The van der Waals surface area contributed by atoms with Gasteiger partial charge in [0.15, 0.2) is 0 Å². The van der Waals surface area contributed by atoms with Gasteiger partial charge in [0.25, 0.3) is 0 Å². The van der Waals surface area contributed by atoms with Gasteiger partial charge in [-0.05, 0) is 40.9 Å². The van der Waals surface area contributed by atoms with E-state index >= 15 is 0 Å². The highest BCUT2D eigenvalue weighted by atomic mass is 79.9. The van der Waals surface area contributed by atoms with Crippen LogP contribution in [0.5, 0.6) is 0 Å². The van der Waals surface area contributed by atoms with Crippen molar-refractivity contribution in [3.63, 3.8) is 0 Å². The minimum Gasteiger partial charge on any atom is -0.481 e. The number of aliphatic carboxylic acids is 1. The molecule has 0 aliphatic heterocycles. The number of carboxylic acids is 1. The number of rotatable bonds is 2. The maximum atomic E-state index is 14.1. The van der Waals surface area contributed by atoms with Crippen molar-refractivity contribution in [2.75, 3.05) is 0 Å². The van der Waals surface area contributed by atoms with Gasteiger partial charge in [-0.25, -0.2) is 4.39 Å². The van der Waals surface area contributed by atoms with Gasteiger partial charge in [-0.1, -0.05) is 30.9 Å². The van der Waals surface area contributed by atoms with Gasteiger partial charge >= 0.3 is 5.97 Å². The molecule has 1 fully saturated rings. The van der Waals surface area contributed by atoms with Crippen molar-refractivity contribution in [2.24, 2.45) is 0 Å². The molecule has 5 heteroatoms. The Morgan fingerprint density at radius 3 is 2.50 bits per heavy atom. The predicted molar refractivity (Wildman–Crippen MR) is 71.5 cm³/mol. The second-order valence-corrected chi connectivity index (χ2v) is 5.87. The summed E-state index contributed by atoms with van der Waals surface area (Å²) in [5, 5.41) is 9.90. The molecule has 0 saturated heterocycles. The molecule has 1 N–H and O–H groups in total. The first-order chi connectivity index (χ1) is 8.49. The molecule has 1 aromatic rings. The van der Waals surface area contributed by atoms with E-state index in [4.69, 9.17) is 11.6 Å². The van der Waals surface area contributed by atoms with Crippen LogP contribution in [0.2, 0.25) is 5.02 Å². The van der Waals surface area contributed by atoms with E-state index < -0.39 is 17.2 Å². The van der Waals surface area contributed by atoms with Crippen molar-refractivity contribution in [2.45, 2.75) is 37.5 Å². The van der Waals surface area contributed by atoms with Crippen LogP contribution >= 0.6 is 27.5 Å². The Morgan fingerprint density at radius 2 is 1.94 bits per heavy atom. The number of hydrogen-bond acceptors (Lipinski definition) is 1. The zero-order chi connectivity index (χ0) is 13.3. The third-order valence-electron chi connectivity index (χ3n) is 3.64. The van der Waals surface area contributed by atoms with E-state index in [1.54, 1.807) is 0 Å². The van der Waals surface area contributed by atoms with Gasteiger partial charge in [-0.2, -0.15) is 0 Å². The smallest absolute Gasteiger partial charge is 0.314 e. The highest BCUT2D eigenvalue weighted by molar-refractivity contribution is 9.10. The number of carboxylic acid groups (broad SMARTS) is 1. The molecular formula is C13H13BrClFO2. The molecule has 0 atom stereocenters. The maximum absolute atomic E-state index is 14.1. The summed E-state index contributed by atoms with van der Waals surface area (Å²) >= 11 is 9.20. The van der Waals surface area contributed by atoms with Gasteiger partial charge in [-0.15, -0.1) is 0 Å². The Morgan fingerprint density at radius 1 is 1.33 bits per heavy atom. The Balaban J connectivity index is 2.63. The van der Waals surface area contributed by atoms with E-state index in [2.05, 4.69) is 15.9 Å². The molecule has 1 aromatic carbocycles. The van der Waals surface area contributed by atoms with E-state index in [9.17, 15) is 14.3 Å². The summed E-state index contributed by atoms with van der Waals surface area (Å²) in [7, 11) is 0. The fraction of sp³-hybridized carbons (Fsp3) is 0.462. The summed E-state index contributed by atoms with van der Waals surface area (Å²) < 4.78 is 14.4. The molecule has 1 saturated carbocycles. The summed E-state index contributed by atoms with van der Waals surface area (Å²) in [6, 6.07) is 2.67. The largest absolute Gasteiger partial charge is 0.481 e. The fourth-order valence-electron chi connectivity index (χ4n) is 2.69. The minimum atomic E-state index is -1.15. The third kappa shape index (κ3) is 2.16. The molecule has 18 heavy (non-hydrogen) atoms. The number of hydrogen-bond donors (Lipinski definition) is 1. The fourth-order valence-corrected chi connectivity index (χ4v) is 3.55. The van der Waals surface area contributed by atoms with Gasteiger partial charge in [0.1, 0.15) is 5.82 Å². The Labute approximate surface area is 118 Å². The van der Waals surface area contributed by atoms with Crippen molar-refractivity contribution in [1.82, 2.24) is 0 Å². The van der Waals surface area contributed by atoms with E-state index in [1.807, 2.05) is 0 Å². The standard InChI is InChI=1S/C13H13BrClFO2/c14-11-8(15)4-5-9(16)10(11)13(12(17)18)6-2-1-3-7-13/h4-5H,1-3,6-7H2,(H,17,18). The normalized spacial score (nSPS) is 18.6. The maximum Gasteiger partial charge on any atom is 0.314 e. The summed E-state index contributed by atoms with van der Waals surface area (Å²) in [6.07, 6.45) is 3.50. The monoisotopic (exact) mass is 334 g/mol. The molecule has 1 aliphatic rings. The molecule has 1 aliphatic carbocycles. The third-order valence-corrected chi connectivity index (χ3v) is 5.01. The lowest BCUT2D eigenvalue weighted by atomic mass is 9.69. The predicted octanol–water partition coefficient (Wildman–Crippen LogP) is 4.53. The van der Waals surface area contributed by atoms with Crippen LogP contribution in [0.3, 0.4) is 0 Å². The lowest BCUT2D eigenvalue weighted by molar-refractivity contribution is -0.145. The summed E-state index contributed by atoms with van der Waals surface area (Å²) in [5.41, 5.74) is -0.950. The SMILES string of the molecule is O=C(O)C1(c2c(F)ccc(Cl)c2Br)CCCCC1. The van der Waals surface area contributed by atoms with Crippen LogP contribution in [0.4, 0.5) is 4.39 Å². The average molecular weight is 336 g/mol. The van der Waals surface area contributed by atoms with Crippen molar-refractivity contribution < 1.29 is 14.3 Å². The number of halogens is 3. The van der Waals surface area contributed by atoms with Gasteiger partial charge in [-0.3, -0.25) is 4.79 Å². The number of carbonyl (C=O) groups is 1. The van der Waals surface area contributed by atoms with Crippen LogP contribution in [-0.2, 0) is 10.2 Å². The van der Waals surface area contributed by atoms with E-state index in [0.29, 0.717) is 22.3 Å². The molecule has 0 bridgehead atoms. The molecular weight excluding hydrogens is 322 g/mol. The molecule has 98 valence electrons. The summed E-state index contributed by atoms with van der Waals surface area (Å²) in [6.45, 7) is 0. The van der Waals surface area contributed by atoms with Crippen molar-refractivity contribution in [3.05, 3.63) is 33.0 Å². The Kier molecular flexibility index (Phi) is 3.97. The van der Waals surface area contributed by atoms with Crippen LogP contribution in [0, 0.1) is 5.82 Å². The first-order valence-electron chi connectivity index (χ1n) is 5.86. The molecule has 2 rings (SSSR count). The molecule has 0 spiro atoms. The average Bonchev–Trinajstić information content (AvgIpc) is 2.35. The summed E-state index contributed by atoms with van der Waals surface area (Å²) in [4.78, 5) is 11.7. The molecule has 2 nitrogen and oxygen atoms in total. The van der Waals surface area contributed by atoms with Crippen molar-refractivity contribution >= 4 is 33.5 Å². The van der Waals surface area contributed by atoms with Gasteiger partial charge in [0.2, 0.25) is 0 Å². The topological polar surface area (TPSA) is 37.3 Å². The van der Waals surface area contributed by atoms with Gasteiger partial charge in [0, 0.05) is 10.0 Å².